The van der Waals surface area contributed by atoms with Gasteiger partial charge < -0.3 is 14.6 Å². The van der Waals surface area contributed by atoms with Crippen LogP contribution in [0.2, 0.25) is 0 Å². The first-order chi connectivity index (χ1) is 9.18. The van der Waals surface area contributed by atoms with Gasteiger partial charge in [-0.3, -0.25) is 14.7 Å². The maximum Gasteiger partial charge on any atom is 0.249 e. The minimum atomic E-state index is -0.401. The molecule has 1 fully saturated rings. The predicted molar refractivity (Wildman–Crippen MR) is 66.9 cm³/mol. The average Bonchev–Trinajstić information content (AvgIpc) is 2.97. The maximum absolute atomic E-state index is 11.6. The number of anilines is 1. The minimum absolute atomic E-state index is 0.00631. The van der Waals surface area contributed by atoms with Gasteiger partial charge in [-0.05, 0) is 18.6 Å². The van der Waals surface area contributed by atoms with Crippen molar-refractivity contribution in [2.75, 3.05) is 11.4 Å². The van der Waals surface area contributed by atoms with E-state index in [2.05, 4.69) is 4.98 Å². The van der Waals surface area contributed by atoms with Crippen LogP contribution in [-0.4, -0.2) is 27.6 Å². The van der Waals surface area contributed by atoms with Crippen LogP contribution in [0.3, 0.4) is 0 Å². The number of nitrogens with zero attached hydrogens (tertiary/aromatic N) is 2. The molecule has 0 radical (unpaired) electrons. The highest BCUT2D eigenvalue weighted by molar-refractivity contribution is 5.96. The molecule has 3 heterocycles. The number of amides is 1. The molecular formula is C13H12N2O4. The van der Waals surface area contributed by atoms with Crippen molar-refractivity contribution in [3.8, 4) is 22.8 Å². The number of carbonyl (C=O) groups excluding carboxylic acids is 1. The van der Waals surface area contributed by atoms with Gasteiger partial charge in [-0.25, -0.2) is 0 Å². The number of hydrogen-bond donors (Lipinski definition) is 2. The highest BCUT2D eigenvalue weighted by Gasteiger charge is 2.31. The molecule has 6 heteroatoms. The van der Waals surface area contributed by atoms with Crippen LogP contribution >= 0.6 is 0 Å². The summed E-state index contributed by atoms with van der Waals surface area (Å²) >= 11 is 0. The van der Waals surface area contributed by atoms with E-state index in [0.717, 1.165) is 0 Å². The van der Waals surface area contributed by atoms with Gasteiger partial charge in [0.25, 0.3) is 0 Å². The van der Waals surface area contributed by atoms with Gasteiger partial charge >= 0.3 is 0 Å². The van der Waals surface area contributed by atoms with Crippen molar-refractivity contribution in [2.24, 2.45) is 0 Å². The molecule has 1 aliphatic heterocycles. The van der Waals surface area contributed by atoms with Gasteiger partial charge in [0.2, 0.25) is 23.3 Å². The van der Waals surface area contributed by atoms with E-state index in [4.69, 9.17) is 4.42 Å². The van der Waals surface area contributed by atoms with Gasteiger partial charge in [0.1, 0.15) is 0 Å². The van der Waals surface area contributed by atoms with Crippen molar-refractivity contribution >= 4 is 11.8 Å². The molecule has 2 aromatic rings. The first kappa shape index (κ1) is 11.6. The van der Waals surface area contributed by atoms with Crippen LogP contribution in [0, 0.1) is 0 Å². The van der Waals surface area contributed by atoms with E-state index >= 15 is 0 Å². The Morgan fingerprint density at radius 2 is 1.95 bits per heavy atom. The van der Waals surface area contributed by atoms with Crippen LogP contribution in [0.15, 0.2) is 28.9 Å². The summed E-state index contributed by atoms with van der Waals surface area (Å²) in [4.78, 5) is 16.9. The van der Waals surface area contributed by atoms with Gasteiger partial charge in [0.15, 0.2) is 5.76 Å². The summed E-state index contributed by atoms with van der Waals surface area (Å²) < 4.78 is 5.46. The number of rotatable bonds is 2. The molecular weight excluding hydrogens is 248 g/mol. The van der Waals surface area contributed by atoms with Crippen molar-refractivity contribution < 1.29 is 19.4 Å². The molecule has 3 rings (SSSR count). The summed E-state index contributed by atoms with van der Waals surface area (Å²) in [5, 5.41) is 19.8. The minimum Gasteiger partial charge on any atom is -0.502 e. The van der Waals surface area contributed by atoms with E-state index in [9.17, 15) is 15.0 Å². The summed E-state index contributed by atoms with van der Waals surface area (Å²) in [6, 6.07) is 3.29. The largest absolute Gasteiger partial charge is 0.502 e. The predicted octanol–water partition coefficient (Wildman–Crippen LogP) is 1.88. The van der Waals surface area contributed by atoms with Gasteiger partial charge in [-0.15, -0.1) is 0 Å². The SMILES string of the molecule is O=C1CCCN1c1oc(-c2ccncc2)c(O)c1O. The normalized spacial score (nSPS) is 15.2. The lowest BCUT2D eigenvalue weighted by Crippen LogP contribution is -2.23. The quantitative estimate of drug-likeness (QED) is 0.860. The van der Waals surface area contributed by atoms with Crippen LogP contribution < -0.4 is 4.90 Å². The van der Waals surface area contributed by atoms with Crippen LogP contribution in [0.1, 0.15) is 12.8 Å². The number of aromatic nitrogens is 1. The number of carbonyl (C=O) groups is 1. The smallest absolute Gasteiger partial charge is 0.249 e. The average molecular weight is 260 g/mol. The standard InChI is InChI=1S/C13H12N2O4/c16-9-2-1-7-15(9)13-11(18)10(17)12(19-13)8-3-5-14-6-4-8/h3-6,17-18H,1-2,7H2. The molecule has 2 N–H and O–H groups in total. The Morgan fingerprint density at radius 1 is 1.21 bits per heavy atom. The molecule has 1 saturated heterocycles. The number of pyridine rings is 1. The Hall–Kier alpha value is -2.50. The first-order valence-corrected chi connectivity index (χ1v) is 5.94. The lowest BCUT2D eigenvalue weighted by Gasteiger charge is -2.11. The fourth-order valence-electron chi connectivity index (χ4n) is 2.15. The zero-order chi connectivity index (χ0) is 13.4. The summed E-state index contributed by atoms with van der Waals surface area (Å²) in [5.41, 5.74) is 0.584. The first-order valence-electron chi connectivity index (χ1n) is 5.94. The summed E-state index contributed by atoms with van der Waals surface area (Å²) in [6.07, 6.45) is 4.24. The molecule has 0 saturated carbocycles. The molecule has 0 bridgehead atoms. The van der Waals surface area contributed by atoms with Crippen molar-refractivity contribution in [1.82, 2.24) is 4.98 Å². The molecule has 0 spiro atoms. The lowest BCUT2D eigenvalue weighted by atomic mass is 10.2. The van der Waals surface area contributed by atoms with Crippen LogP contribution in [-0.2, 0) is 4.79 Å². The van der Waals surface area contributed by atoms with Crippen LogP contribution in [0.25, 0.3) is 11.3 Å². The summed E-state index contributed by atoms with van der Waals surface area (Å²) in [6.45, 7) is 0.481. The van der Waals surface area contributed by atoms with E-state index in [-0.39, 0.29) is 23.3 Å². The van der Waals surface area contributed by atoms with Gasteiger partial charge in [0.05, 0.1) is 0 Å². The van der Waals surface area contributed by atoms with Gasteiger partial charge in [-0.1, -0.05) is 0 Å². The summed E-state index contributed by atoms with van der Waals surface area (Å²) in [5.74, 6) is -0.741. The molecule has 1 aliphatic rings. The molecule has 0 atom stereocenters. The molecule has 0 unspecified atom stereocenters. The molecule has 98 valence electrons. The van der Waals surface area contributed by atoms with Crippen molar-refractivity contribution in [3.05, 3.63) is 24.5 Å². The Kier molecular flexibility index (Phi) is 2.63. The third-order valence-corrected chi connectivity index (χ3v) is 3.10. The number of hydrogen-bond acceptors (Lipinski definition) is 5. The zero-order valence-corrected chi connectivity index (χ0v) is 10.0. The molecule has 0 aliphatic carbocycles. The molecule has 2 aromatic heterocycles. The van der Waals surface area contributed by atoms with Crippen molar-refractivity contribution in [3.63, 3.8) is 0 Å². The Bertz CT molecular complexity index is 621. The van der Waals surface area contributed by atoms with Crippen molar-refractivity contribution in [1.29, 1.82) is 0 Å². The van der Waals surface area contributed by atoms with Gasteiger partial charge in [0, 0.05) is 30.9 Å². The van der Waals surface area contributed by atoms with Gasteiger partial charge in [-0.2, -0.15) is 0 Å². The fraction of sp³-hybridized carbons (Fsp3) is 0.231. The highest BCUT2D eigenvalue weighted by atomic mass is 16.4. The van der Waals surface area contributed by atoms with Crippen molar-refractivity contribution in [2.45, 2.75) is 12.8 Å². The van der Waals surface area contributed by atoms with Crippen LogP contribution in [0.5, 0.6) is 11.5 Å². The third-order valence-electron chi connectivity index (χ3n) is 3.10. The second kappa shape index (κ2) is 4.31. The van der Waals surface area contributed by atoms with E-state index in [1.165, 1.54) is 4.90 Å². The Labute approximate surface area is 108 Å². The molecule has 6 nitrogen and oxygen atoms in total. The van der Waals surface area contributed by atoms with E-state index in [1.807, 2.05) is 0 Å². The van der Waals surface area contributed by atoms with E-state index in [0.29, 0.717) is 24.9 Å². The number of furan rings is 1. The van der Waals surface area contributed by atoms with E-state index in [1.54, 1.807) is 24.5 Å². The monoisotopic (exact) mass is 260 g/mol. The topological polar surface area (TPSA) is 86.8 Å². The van der Waals surface area contributed by atoms with Crippen LogP contribution in [0.4, 0.5) is 5.88 Å². The van der Waals surface area contributed by atoms with E-state index < -0.39 is 5.75 Å². The number of aromatic hydroxyl groups is 2. The maximum atomic E-state index is 11.6. The molecule has 0 aromatic carbocycles. The Morgan fingerprint density at radius 3 is 2.58 bits per heavy atom. The molecule has 19 heavy (non-hydrogen) atoms. The molecule has 1 amide bonds. The highest BCUT2D eigenvalue weighted by Crippen LogP contribution is 2.47. The Balaban J connectivity index is 2.07. The zero-order valence-electron chi connectivity index (χ0n) is 10.0. The summed E-state index contributed by atoms with van der Waals surface area (Å²) in [7, 11) is 0. The second-order valence-corrected chi connectivity index (χ2v) is 4.32. The second-order valence-electron chi connectivity index (χ2n) is 4.32. The lowest BCUT2D eigenvalue weighted by molar-refractivity contribution is -0.117. The fourth-order valence-corrected chi connectivity index (χ4v) is 2.15. The third kappa shape index (κ3) is 1.81.